The van der Waals surface area contributed by atoms with E-state index >= 15 is 0 Å². The van der Waals surface area contributed by atoms with Crippen LogP contribution in [0.3, 0.4) is 0 Å². The van der Waals surface area contributed by atoms with Gasteiger partial charge in [0.2, 0.25) is 0 Å². The summed E-state index contributed by atoms with van der Waals surface area (Å²) >= 11 is 0. The van der Waals surface area contributed by atoms with Gasteiger partial charge in [0.1, 0.15) is 11.5 Å². The van der Waals surface area contributed by atoms with Crippen molar-refractivity contribution in [2.24, 2.45) is 11.8 Å². The molecule has 124 valence electrons. The van der Waals surface area contributed by atoms with Crippen molar-refractivity contribution in [2.45, 2.75) is 32.6 Å². The Morgan fingerprint density at radius 2 is 2.04 bits per heavy atom. The predicted molar refractivity (Wildman–Crippen MR) is 88.6 cm³/mol. The molecule has 1 aliphatic carbocycles. The molecule has 1 aliphatic heterocycles. The molecule has 0 radical (unpaired) electrons. The molecule has 3 rings (SSSR count). The van der Waals surface area contributed by atoms with Crippen molar-refractivity contribution < 1.29 is 19.4 Å². The molecule has 4 nitrogen and oxygen atoms in total. The number of carbonyl (C=O) groups excluding carboxylic acids is 1. The summed E-state index contributed by atoms with van der Waals surface area (Å²) in [5.74, 6) is 1.43. The highest BCUT2D eigenvalue weighted by atomic mass is 16.5. The molecule has 1 unspecified atom stereocenters. The van der Waals surface area contributed by atoms with Crippen molar-refractivity contribution in [3.8, 4) is 5.75 Å². The third-order valence-electron chi connectivity index (χ3n) is 5.02. The lowest BCUT2D eigenvalue weighted by Crippen LogP contribution is -2.21. The van der Waals surface area contributed by atoms with Crippen molar-refractivity contribution in [2.75, 3.05) is 20.3 Å². The minimum absolute atomic E-state index is 0.0744. The zero-order valence-corrected chi connectivity index (χ0v) is 13.8. The molecule has 4 heteroatoms. The SMILES string of the molecule is COc1ccc(C)c(C2=C(O)CC(CC3CCOCC3)C2=O)c1. The van der Waals surface area contributed by atoms with Gasteiger partial charge in [-0.15, -0.1) is 0 Å². The standard InChI is InChI=1S/C19H24O4/c1-12-3-4-15(22-2)11-16(12)18-17(20)10-14(19(18)21)9-13-5-7-23-8-6-13/h3-4,11,13-14,20H,5-10H2,1-2H3. The van der Waals surface area contributed by atoms with Crippen molar-refractivity contribution in [1.29, 1.82) is 0 Å². The molecule has 23 heavy (non-hydrogen) atoms. The Balaban J connectivity index is 1.80. The first kappa shape index (κ1) is 16.1. The molecule has 2 aliphatic rings. The number of Topliss-reactive ketones (excluding diaryl/α,β-unsaturated/α-hetero) is 1. The van der Waals surface area contributed by atoms with Gasteiger partial charge in [0.05, 0.1) is 12.7 Å². The fourth-order valence-corrected chi connectivity index (χ4v) is 3.63. The molecule has 1 heterocycles. The summed E-state index contributed by atoms with van der Waals surface area (Å²) in [4.78, 5) is 12.9. The Morgan fingerprint density at radius 3 is 2.74 bits per heavy atom. The second-order valence-corrected chi connectivity index (χ2v) is 6.56. The summed E-state index contributed by atoms with van der Waals surface area (Å²) < 4.78 is 10.6. The first-order chi connectivity index (χ1) is 11.1. The van der Waals surface area contributed by atoms with Gasteiger partial charge in [0, 0.05) is 25.6 Å². The van der Waals surface area contributed by atoms with Crippen LogP contribution in [0.15, 0.2) is 24.0 Å². The molecule has 1 saturated heterocycles. The Morgan fingerprint density at radius 1 is 1.30 bits per heavy atom. The molecule has 1 aromatic carbocycles. The molecule has 0 amide bonds. The number of aliphatic hydroxyl groups is 1. The Kier molecular flexibility index (Phi) is 4.71. The summed E-state index contributed by atoms with van der Waals surface area (Å²) in [7, 11) is 1.60. The number of hydrogen-bond donors (Lipinski definition) is 1. The van der Waals surface area contributed by atoms with Gasteiger partial charge in [-0.3, -0.25) is 4.79 Å². The van der Waals surface area contributed by atoms with Crippen LogP contribution in [-0.4, -0.2) is 31.2 Å². The van der Waals surface area contributed by atoms with Gasteiger partial charge in [-0.05, 0) is 55.4 Å². The first-order valence-electron chi connectivity index (χ1n) is 8.29. The third kappa shape index (κ3) is 3.27. The van der Waals surface area contributed by atoms with Gasteiger partial charge in [0.15, 0.2) is 5.78 Å². The maximum absolute atomic E-state index is 12.9. The third-order valence-corrected chi connectivity index (χ3v) is 5.02. The van der Waals surface area contributed by atoms with Crippen LogP contribution in [0.2, 0.25) is 0 Å². The molecular formula is C19H24O4. The molecule has 1 fully saturated rings. The minimum Gasteiger partial charge on any atom is -0.512 e. The van der Waals surface area contributed by atoms with E-state index < -0.39 is 0 Å². The minimum atomic E-state index is -0.0984. The van der Waals surface area contributed by atoms with Crippen molar-refractivity contribution >= 4 is 11.4 Å². The topological polar surface area (TPSA) is 55.8 Å². The van der Waals surface area contributed by atoms with Crippen LogP contribution in [0.4, 0.5) is 0 Å². The van der Waals surface area contributed by atoms with Crippen molar-refractivity contribution in [1.82, 2.24) is 0 Å². The lowest BCUT2D eigenvalue weighted by molar-refractivity contribution is -0.117. The van der Waals surface area contributed by atoms with Crippen molar-refractivity contribution in [3.05, 3.63) is 35.1 Å². The van der Waals surface area contributed by atoms with E-state index in [9.17, 15) is 9.90 Å². The molecule has 0 spiro atoms. The zero-order valence-electron chi connectivity index (χ0n) is 13.8. The van der Waals surface area contributed by atoms with Crippen molar-refractivity contribution in [3.63, 3.8) is 0 Å². The summed E-state index contributed by atoms with van der Waals surface area (Å²) in [6.45, 7) is 3.52. The Bertz CT molecular complexity index is 626. The molecule has 1 atom stereocenters. The number of rotatable bonds is 4. The zero-order chi connectivity index (χ0) is 16.4. The van der Waals surface area contributed by atoms with E-state index in [1.54, 1.807) is 7.11 Å². The number of hydrogen-bond acceptors (Lipinski definition) is 4. The lowest BCUT2D eigenvalue weighted by Gasteiger charge is -2.24. The maximum atomic E-state index is 12.9. The fraction of sp³-hybridized carbons (Fsp3) is 0.526. The monoisotopic (exact) mass is 316 g/mol. The second-order valence-electron chi connectivity index (χ2n) is 6.56. The van der Waals surface area contributed by atoms with E-state index in [2.05, 4.69) is 0 Å². The van der Waals surface area contributed by atoms with Gasteiger partial charge >= 0.3 is 0 Å². The van der Waals surface area contributed by atoms with E-state index in [0.29, 0.717) is 23.7 Å². The van der Waals surface area contributed by atoms with Crippen LogP contribution in [0.1, 0.15) is 36.8 Å². The lowest BCUT2D eigenvalue weighted by atomic mass is 9.85. The Labute approximate surface area is 137 Å². The number of methoxy groups -OCH3 is 1. The number of ether oxygens (including phenoxy) is 2. The average Bonchev–Trinajstić information content (AvgIpc) is 2.83. The van der Waals surface area contributed by atoms with E-state index in [-0.39, 0.29) is 17.5 Å². The molecule has 1 aromatic rings. The number of aliphatic hydroxyl groups excluding tert-OH is 1. The molecule has 0 aromatic heterocycles. The Hall–Kier alpha value is -1.81. The normalized spacial score (nSPS) is 22.7. The van der Waals surface area contributed by atoms with Crippen LogP contribution < -0.4 is 4.74 Å². The summed E-state index contributed by atoms with van der Waals surface area (Å²) in [6.07, 6.45) is 3.33. The summed E-state index contributed by atoms with van der Waals surface area (Å²) in [6, 6.07) is 5.64. The summed E-state index contributed by atoms with van der Waals surface area (Å²) in [5, 5.41) is 10.4. The van der Waals surface area contributed by atoms with Gasteiger partial charge in [-0.2, -0.15) is 0 Å². The quantitative estimate of drug-likeness (QED) is 0.920. The molecule has 0 bridgehead atoms. The molecular weight excluding hydrogens is 292 g/mol. The van der Waals surface area contributed by atoms with Gasteiger partial charge in [-0.25, -0.2) is 0 Å². The van der Waals surface area contributed by atoms with E-state index in [1.807, 2.05) is 25.1 Å². The second kappa shape index (κ2) is 6.75. The number of benzene rings is 1. The van der Waals surface area contributed by atoms with Crippen LogP contribution >= 0.6 is 0 Å². The van der Waals surface area contributed by atoms with Crippen LogP contribution in [0.5, 0.6) is 5.75 Å². The van der Waals surface area contributed by atoms with Crippen LogP contribution in [0.25, 0.3) is 5.57 Å². The highest BCUT2D eigenvalue weighted by molar-refractivity contribution is 6.24. The maximum Gasteiger partial charge on any atom is 0.170 e. The van der Waals surface area contributed by atoms with Crippen LogP contribution in [-0.2, 0) is 9.53 Å². The number of allylic oxidation sites excluding steroid dienone is 2. The largest absolute Gasteiger partial charge is 0.512 e. The van der Waals surface area contributed by atoms with Gasteiger partial charge in [-0.1, -0.05) is 6.07 Å². The molecule has 0 saturated carbocycles. The van der Waals surface area contributed by atoms with Crippen LogP contribution in [0, 0.1) is 18.8 Å². The average molecular weight is 316 g/mol. The summed E-state index contributed by atoms with van der Waals surface area (Å²) in [5.41, 5.74) is 2.26. The molecule has 1 N–H and O–H groups in total. The number of ketones is 1. The van der Waals surface area contributed by atoms with E-state index in [4.69, 9.17) is 9.47 Å². The first-order valence-corrected chi connectivity index (χ1v) is 8.29. The van der Waals surface area contributed by atoms with E-state index in [0.717, 1.165) is 43.6 Å². The highest BCUT2D eigenvalue weighted by Crippen LogP contribution is 2.40. The predicted octanol–water partition coefficient (Wildman–Crippen LogP) is 3.68. The van der Waals surface area contributed by atoms with Gasteiger partial charge in [0.25, 0.3) is 0 Å². The highest BCUT2D eigenvalue weighted by Gasteiger charge is 2.36. The van der Waals surface area contributed by atoms with Gasteiger partial charge < -0.3 is 14.6 Å². The van der Waals surface area contributed by atoms with E-state index in [1.165, 1.54) is 0 Å². The number of carbonyl (C=O) groups is 1. The fourth-order valence-electron chi connectivity index (χ4n) is 3.63. The smallest absolute Gasteiger partial charge is 0.170 e. The number of aryl methyl sites for hydroxylation is 1.